The fourth-order valence-corrected chi connectivity index (χ4v) is 3.22. The molecule has 1 aliphatic heterocycles. The molecule has 3 rings (SSSR count). The van der Waals surface area contributed by atoms with E-state index in [1.807, 2.05) is 22.4 Å². The number of hydrogen-bond donors (Lipinski definition) is 1. The smallest absolute Gasteiger partial charge is 0.225 e. The zero-order chi connectivity index (χ0) is 13.2. The van der Waals surface area contributed by atoms with Gasteiger partial charge in [0.05, 0.1) is 6.42 Å². The largest absolute Gasteiger partial charge is 0.351 e. The third-order valence-corrected chi connectivity index (χ3v) is 4.58. The normalized spacial score (nSPS) is 22.5. The van der Waals surface area contributed by atoms with Crippen molar-refractivity contribution in [3.05, 3.63) is 22.4 Å². The van der Waals surface area contributed by atoms with Crippen molar-refractivity contribution in [1.82, 2.24) is 10.2 Å². The summed E-state index contributed by atoms with van der Waals surface area (Å²) in [5.74, 6) is 0.628. The van der Waals surface area contributed by atoms with E-state index in [4.69, 9.17) is 0 Å². The first-order valence-electron chi connectivity index (χ1n) is 6.83. The Labute approximate surface area is 116 Å². The van der Waals surface area contributed by atoms with Gasteiger partial charge in [0.2, 0.25) is 11.8 Å². The number of hydrogen-bond acceptors (Lipinski definition) is 3. The minimum Gasteiger partial charge on any atom is -0.351 e. The summed E-state index contributed by atoms with van der Waals surface area (Å²) in [5.41, 5.74) is 0. The summed E-state index contributed by atoms with van der Waals surface area (Å²) in [7, 11) is 0. The number of rotatable bonds is 4. The van der Waals surface area contributed by atoms with Gasteiger partial charge in [-0.05, 0) is 30.7 Å². The molecule has 0 bridgehead atoms. The fourth-order valence-electron chi connectivity index (χ4n) is 2.52. The molecule has 0 spiro atoms. The Hall–Kier alpha value is -1.36. The highest BCUT2D eigenvalue weighted by molar-refractivity contribution is 7.10. The van der Waals surface area contributed by atoms with Gasteiger partial charge in [0, 0.05) is 29.9 Å². The lowest BCUT2D eigenvalue weighted by Gasteiger charge is -2.16. The number of nitrogens with zero attached hydrogens (tertiary/aromatic N) is 1. The molecule has 5 heteroatoms. The predicted octanol–water partition coefficient (Wildman–Crippen LogP) is 1.42. The Bertz CT molecular complexity index is 468. The second-order valence-corrected chi connectivity index (χ2v) is 6.40. The molecule has 2 heterocycles. The first-order chi connectivity index (χ1) is 9.22. The Morgan fingerprint density at radius 2 is 2.21 bits per heavy atom. The Balaban J connectivity index is 1.46. The highest BCUT2D eigenvalue weighted by Crippen LogP contribution is 2.32. The van der Waals surface area contributed by atoms with E-state index < -0.39 is 0 Å². The second kappa shape index (κ2) is 5.33. The zero-order valence-electron chi connectivity index (χ0n) is 10.8. The quantitative estimate of drug-likeness (QED) is 0.905. The summed E-state index contributed by atoms with van der Waals surface area (Å²) < 4.78 is 0. The number of amides is 2. The van der Waals surface area contributed by atoms with Gasteiger partial charge in [0.25, 0.3) is 0 Å². The van der Waals surface area contributed by atoms with Gasteiger partial charge < -0.3 is 10.2 Å². The lowest BCUT2D eigenvalue weighted by Crippen LogP contribution is -2.39. The molecule has 1 saturated heterocycles. The Morgan fingerprint density at radius 3 is 2.89 bits per heavy atom. The molecule has 1 atom stereocenters. The molecule has 0 radical (unpaired) electrons. The van der Waals surface area contributed by atoms with Gasteiger partial charge in [-0.15, -0.1) is 11.3 Å². The molecule has 1 saturated carbocycles. The number of carbonyl (C=O) groups excluding carboxylic acids is 2. The Kier molecular flexibility index (Phi) is 3.55. The van der Waals surface area contributed by atoms with Crippen LogP contribution >= 0.6 is 11.3 Å². The van der Waals surface area contributed by atoms with Crippen molar-refractivity contribution in [3.63, 3.8) is 0 Å². The summed E-state index contributed by atoms with van der Waals surface area (Å²) in [6.07, 6.45) is 3.43. The van der Waals surface area contributed by atoms with Crippen LogP contribution in [-0.4, -0.2) is 35.8 Å². The molecule has 1 aliphatic carbocycles. The van der Waals surface area contributed by atoms with Gasteiger partial charge in [-0.25, -0.2) is 0 Å². The van der Waals surface area contributed by atoms with Gasteiger partial charge in [0.15, 0.2) is 0 Å². The molecule has 19 heavy (non-hydrogen) atoms. The van der Waals surface area contributed by atoms with Crippen LogP contribution in [0.5, 0.6) is 0 Å². The molecule has 0 aromatic carbocycles. The molecule has 2 aliphatic rings. The molecular weight excluding hydrogens is 260 g/mol. The topological polar surface area (TPSA) is 49.4 Å². The van der Waals surface area contributed by atoms with E-state index in [1.54, 1.807) is 11.3 Å². The summed E-state index contributed by atoms with van der Waals surface area (Å²) in [6, 6.07) is 4.07. The maximum atomic E-state index is 11.9. The summed E-state index contributed by atoms with van der Waals surface area (Å²) in [4.78, 5) is 26.8. The summed E-state index contributed by atoms with van der Waals surface area (Å²) >= 11 is 1.60. The maximum absolute atomic E-state index is 11.9. The van der Waals surface area contributed by atoms with Crippen molar-refractivity contribution in [1.29, 1.82) is 0 Å². The van der Waals surface area contributed by atoms with Crippen molar-refractivity contribution in [2.75, 3.05) is 13.1 Å². The third kappa shape index (κ3) is 3.15. The maximum Gasteiger partial charge on any atom is 0.225 e. The minimum absolute atomic E-state index is 0.0631. The highest BCUT2D eigenvalue weighted by atomic mass is 32.1. The molecule has 102 valence electrons. The van der Waals surface area contributed by atoms with E-state index in [-0.39, 0.29) is 23.8 Å². The van der Waals surface area contributed by atoms with E-state index in [2.05, 4.69) is 5.32 Å². The summed E-state index contributed by atoms with van der Waals surface area (Å²) in [5, 5.41) is 5.02. The molecule has 2 fully saturated rings. The van der Waals surface area contributed by atoms with Gasteiger partial charge in [-0.1, -0.05) is 6.07 Å². The molecule has 1 N–H and O–H groups in total. The van der Waals surface area contributed by atoms with Crippen molar-refractivity contribution in [2.24, 2.45) is 5.92 Å². The number of likely N-dealkylation sites (tertiary alicyclic amines) is 1. The highest BCUT2D eigenvalue weighted by Gasteiger charge is 2.36. The third-order valence-electron chi connectivity index (χ3n) is 3.71. The second-order valence-electron chi connectivity index (χ2n) is 5.37. The van der Waals surface area contributed by atoms with Crippen molar-refractivity contribution in [3.8, 4) is 0 Å². The van der Waals surface area contributed by atoms with Crippen LogP contribution in [0, 0.1) is 5.92 Å². The standard InChI is InChI=1S/C14H18N2O2S/c17-13(8-12-2-1-7-19-12)15-11-5-6-16(9-11)14(18)10-3-4-10/h1-2,7,10-11H,3-6,8-9H2,(H,15,17). The molecule has 2 amide bonds. The van der Waals surface area contributed by atoms with Crippen LogP contribution in [0.4, 0.5) is 0 Å². The molecule has 1 aromatic heterocycles. The number of thiophene rings is 1. The predicted molar refractivity (Wildman–Crippen MR) is 73.9 cm³/mol. The van der Waals surface area contributed by atoms with Gasteiger partial charge >= 0.3 is 0 Å². The van der Waals surface area contributed by atoms with Crippen molar-refractivity contribution >= 4 is 23.2 Å². The van der Waals surface area contributed by atoms with E-state index in [9.17, 15) is 9.59 Å². The van der Waals surface area contributed by atoms with Crippen molar-refractivity contribution < 1.29 is 9.59 Å². The van der Waals surface area contributed by atoms with E-state index in [0.29, 0.717) is 13.0 Å². The first kappa shape index (κ1) is 12.7. The fraction of sp³-hybridized carbons (Fsp3) is 0.571. The zero-order valence-corrected chi connectivity index (χ0v) is 11.6. The van der Waals surface area contributed by atoms with Crippen LogP contribution in [0.25, 0.3) is 0 Å². The van der Waals surface area contributed by atoms with Gasteiger partial charge in [0.1, 0.15) is 0 Å². The van der Waals surface area contributed by atoms with Crippen LogP contribution in [-0.2, 0) is 16.0 Å². The van der Waals surface area contributed by atoms with Crippen molar-refractivity contribution in [2.45, 2.75) is 31.7 Å². The average Bonchev–Trinajstić information content (AvgIpc) is 2.92. The molecule has 1 aromatic rings. The van der Waals surface area contributed by atoms with Crippen LogP contribution < -0.4 is 5.32 Å². The van der Waals surface area contributed by atoms with Gasteiger partial charge in [-0.2, -0.15) is 0 Å². The van der Waals surface area contributed by atoms with Crippen LogP contribution in [0.3, 0.4) is 0 Å². The molecule has 4 nitrogen and oxygen atoms in total. The molecule has 1 unspecified atom stereocenters. The summed E-state index contributed by atoms with van der Waals surface area (Å²) in [6.45, 7) is 1.48. The molecular formula is C14H18N2O2S. The SMILES string of the molecule is O=C(Cc1cccs1)NC1CCN(C(=O)C2CC2)C1. The average molecular weight is 278 g/mol. The monoisotopic (exact) mass is 278 g/mol. The van der Waals surface area contributed by atoms with E-state index in [0.717, 1.165) is 30.7 Å². The van der Waals surface area contributed by atoms with E-state index >= 15 is 0 Å². The number of carbonyl (C=O) groups is 2. The van der Waals surface area contributed by atoms with Gasteiger partial charge in [-0.3, -0.25) is 9.59 Å². The number of nitrogens with one attached hydrogen (secondary N) is 1. The Morgan fingerprint density at radius 1 is 1.37 bits per heavy atom. The lowest BCUT2D eigenvalue weighted by atomic mass is 10.2. The van der Waals surface area contributed by atoms with E-state index in [1.165, 1.54) is 0 Å². The first-order valence-corrected chi connectivity index (χ1v) is 7.71. The van der Waals surface area contributed by atoms with Crippen LogP contribution in [0.2, 0.25) is 0 Å². The van der Waals surface area contributed by atoms with Crippen LogP contribution in [0.1, 0.15) is 24.1 Å². The van der Waals surface area contributed by atoms with Crippen LogP contribution in [0.15, 0.2) is 17.5 Å². The lowest BCUT2D eigenvalue weighted by molar-refractivity contribution is -0.131. The minimum atomic E-state index is 0.0631.